The Hall–Kier alpha value is -1.63. The Labute approximate surface area is 117 Å². The molecule has 2 rings (SSSR count). The van der Waals surface area contributed by atoms with Gasteiger partial charge in [0.15, 0.2) is 0 Å². The SMILES string of the molecule is O=C1CN(CC(=O)NC2CCCCC2)C(C(=O)O)CN1. The summed E-state index contributed by atoms with van der Waals surface area (Å²) in [5.74, 6) is -1.46. The highest BCUT2D eigenvalue weighted by molar-refractivity contribution is 5.85. The van der Waals surface area contributed by atoms with Crippen LogP contribution in [-0.4, -0.2) is 59.5 Å². The van der Waals surface area contributed by atoms with Gasteiger partial charge in [-0.1, -0.05) is 19.3 Å². The van der Waals surface area contributed by atoms with E-state index < -0.39 is 12.0 Å². The summed E-state index contributed by atoms with van der Waals surface area (Å²) in [6.07, 6.45) is 5.41. The van der Waals surface area contributed by atoms with Crippen molar-refractivity contribution in [2.24, 2.45) is 0 Å². The van der Waals surface area contributed by atoms with E-state index in [0.717, 1.165) is 25.7 Å². The normalized spacial score (nSPS) is 25.0. The van der Waals surface area contributed by atoms with Crippen LogP contribution < -0.4 is 10.6 Å². The Morgan fingerprint density at radius 1 is 1.30 bits per heavy atom. The lowest BCUT2D eigenvalue weighted by atomic mass is 9.95. The van der Waals surface area contributed by atoms with Crippen molar-refractivity contribution in [3.05, 3.63) is 0 Å². The molecule has 0 bridgehead atoms. The lowest BCUT2D eigenvalue weighted by Crippen LogP contribution is -2.59. The first-order valence-electron chi connectivity index (χ1n) is 7.09. The summed E-state index contributed by atoms with van der Waals surface area (Å²) >= 11 is 0. The highest BCUT2D eigenvalue weighted by atomic mass is 16.4. The van der Waals surface area contributed by atoms with Gasteiger partial charge in [0, 0.05) is 12.6 Å². The number of rotatable bonds is 4. The van der Waals surface area contributed by atoms with Gasteiger partial charge in [0.1, 0.15) is 6.04 Å². The van der Waals surface area contributed by atoms with Gasteiger partial charge >= 0.3 is 5.97 Å². The standard InChI is InChI=1S/C13H21N3O4/c17-11-7-16(10(6-14-11)13(19)20)8-12(18)15-9-4-2-1-3-5-9/h9-10H,1-8H2,(H,14,17)(H,15,18)(H,19,20). The summed E-state index contributed by atoms with van der Waals surface area (Å²) in [7, 11) is 0. The minimum absolute atomic E-state index is 0.0408. The number of nitrogens with zero attached hydrogens (tertiary/aromatic N) is 1. The molecule has 2 aliphatic rings. The molecule has 3 N–H and O–H groups in total. The highest BCUT2D eigenvalue weighted by Gasteiger charge is 2.33. The van der Waals surface area contributed by atoms with Crippen molar-refractivity contribution in [2.75, 3.05) is 19.6 Å². The molecule has 0 aromatic rings. The second-order valence-corrected chi connectivity index (χ2v) is 5.47. The van der Waals surface area contributed by atoms with Gasteiger partial charge in [-0.25, -0.2) is 0 Å². The molecule has 2 amide bonds. The largest absolute Gasteiger partial charge is 0.480 e. The van der Waals surface area contributed by atoms with Gasteiger partial charge in [0.2, 0.25) is 11.8 Å². The number of carbonyl (C=O) groups is 3. The zero-order valence-corrected chi connectivity index (χ0v) is 11.4. The van der Waals surface area contributed by atoms with Crippen LogP contribution in [-0.2, 0) is 14.4 Å². The van der Waals surface area contributed by atoms with Gasteiger partial charge in [-0.3, -0.25) is 19.3 Å². The molecule has 2 fully saturated rings. The fraction of sp³-hybridized carbons (Fsp3) is 0.769. The Balaban J connectivity index is 1.86. The van der Waals surface area contributed by atoms with Crippen molar-refractivity contribution in [3.8, 4) is 0 Å². The van der Waals surface area contributed by atoms with Crippen LogP contribution in [0.5, 0.6) is 0 Å². The number of piperazine rings is 1. The molecular formula is C13H21N3O4. The molecule has 112 valence electrons. The average Bonchev–Trinajstić information content (AvgIpc) is 2.39. The zero-order chi connectivity index (χ0) is 14.5. The monoisotopic (exact) mass is 283 g/mol. The predicted octanol–water partition coefficient (Wildman–Crippen LogP) is -0.680. The summed E-state index contributed by atoms with van der Waals surface area (Å²) in [6.45, 7) is -0.0409. The van der Waals surface area contributed by atoms with Gasteiger partial charge in [-0.15, -0.1) is 0 Å². The smallest absolute Gasteiger partial charge is 0.322 e. The van der Waals surface area contributed by atoms with Gasteiger partial charge in [0.05, 0.1) is 13.1 Å². The first-order chi connectivity index (χ1) is 9.56. The molecule has 7 nitrogen and oxygen atoms in total. The summed E-state index contributed by atoms with van der Waals surface area (Å²) in [6, 6.07) is -0.636. The van der Waals surface area contributed by atoms with Crippen molar-refractivity contribution < 1.29 is 19.5 Å². The molecule has 1 aliphatic heterocycles. The Kier molecular flexibility index (Phi) is 4.94. The Bertz CT molecular complexity index is 393. The van der Waals surface area contributed by atoms with Gasteiger partial charge in [-0.2, -0.15) is 0 Å². The highest BCUT2D eigenvalue weighted by Crippen LogP contribution is 2.17. The van der Waals surface area contributed by atoms with E-state index in [0.29, 0.717) is 0 Å². The number of carboxylic acid groups (broad SMARTS) is 1. The zero-order valence-electron chi connectivity index (χ0n) is 11.4. The Morgan fingerprint density at radius 3 is 2.65 bits per heavy atom. The topological polar surface area (TPSA) is 98.7 Å². The maximum atomic E-state index is 12.0. The Morgan fingerprint density at radius 2 is 2.00 bits per heavy atom. The molecule has 1 aliphatic carbocycles. The molecule has 1 atom stereocenters. The molecule has 0 spiro atoms. The number of amides is 2. The van der Waals surface area contributed by atoms with E-state index in [2.05, 4.69) is 10.6 Å². The van der Waals surface area contributed by atoms with E-state index in [1.54, 1.807) is 0 Å². The molecule has 1 heterocycles. The second kappa shape index (κ2) is 6.69. The molecule has 7 heteroatoms. The lowest BCUT2D eigenvalue weighted by Gasteiger charge is -2.32. The van der Waals surface area contributed by atoms with Crippen molar-refractivity contribution in [1.82, 2.24) is 15.5 Å². The maximum Gasteiger partial charge on any atom is 0.322 e. The third-order valence-electron chi connectivity index (χ3n) is 3.88. The third-order valence-corrected chi connectivity index (χ3v) is 3.88. The van der Waals surface area contributed by atoms with Crippen molar-refractivity contribution in [3.63, 3.8) is 0 Å². The first-order valence-corrected chi connectivity index (χ1v) is 7.09. The molecule has 1 saturated carbocycles. The van der Waals surface area contributed by atoms with Crippen LogP contribution in [0.4, 0.5) is 0 Å². The van der Waals surface area contributed by atoms with Crippen molar-refractivity contribution >= 4 is 17.8 Å². The van der Waals surface area contributed by atoms with E-state index in [1.165, 1.54) is 11.3 Å². The average molecular weight is 283 g/mol. The van der Waals surface area contributed by atoms with Gasteiger partial charge < -0.3 is 15.7 Å². The quantitative estimate of drug-likeness (QED) is 0.635. The van der Waals surface area contributed by atoms with E-state index in [1.807, 2.05) is 0 Å². The fourth-order valence-electron chi connectivity index (χ4n) is 2.80. The number of aliphatic carboxylic acids is 1. The maximum absolute atomic E-state index is 12.0. The van der Waals surface area contributed by atoms with Crippen molar-refractivity contribution in [2.45, 2.75) is 44.2 Å². The van der Waals surface area contributed by atoms with Crippen LogP contribution >= 0.6 is 0 Å². The van der Waals surface area contributed by atoms with Crippen molar-refractivity contribution in [1.29, 1.82) is 0 Å². The van der Waals surface area contributed by atoms with Crippen LogP contribution in [0, 0.1) is 0 Å². The molecule has 20 heavy (non-hydrogen) atoms. The molecular weight excluding hydrogens is 262 g/mol. The molecule has 1 unspecified atom stereocenters. The van der Waals surface area contributed by atoms with Crippen LogP contribution in [0.25, 0.3) is 0 Å². The van der Waals surface area contributed by atoms with Crippen LogP contribution in [0.2, 0.25) is 0 Å². The summed E-state index contributed by atoms with van der Waals surface area (Å²) in [5, 5.41) is 14.5. The summed E-state index contributed by atoms with van der Waals surface area (Å²) < 4.78 is 0. The summed E-state index contributed by atoms with van der Waals surface area (Å²) in [4.78, 5) is 35.8. The van der Waals surface area contributed by atoms with Gasteiger partial charge in [-0.05, 0) is 12.8 Å². The minimum Gasteiger partial charge on any atom is -0.480 e. The molecule has 0 radical (unpaired) electrons. The lowest BCUT2D eigenvalue weighted by molar-refractivity contribution is -0.146. The molecule has 1 saturated heterocycles. The first kappa shape index (κ1) is 14.8. The number of hydrogen-bond donors (Lipinski definition) is 3. The molecule has 0 aromatic heterocycles. The van der Waals surface area contributed by atoms with E-state index in [9.17, 15) is 14.4 Å². The number of hydrogen-bond acceptors (Lipinski definition) is 4. The number of carbonyl (C=O) groups excluding carboxylic acids is 2. The number of nitrogens with one attached hydrogen (secondary N) is 2. The van der Waals surface area contributed by atoms with Gasteiger partial charge in [0.25, 0.3) is 0 Å². The van der Waals surface area contributed by atoms with Crippen LogP contribution in [0.15, 0.2) is 0 Å². The predicted molar refractivity (Wildman–Crippen MR) is 71.0 cm³/mol. The fourth-order valence-corrected chi connectivity index (χ4v) is 2.80. The van der Waals surface area contributed by atoms with Crippen LogP contribution in [0.3, 0.4) is 0 Å². The molecule has 0 aromatic carbocycles. The van der Waals surface area contributed by atoms with E-state index in [-0.39, 0.29) is 37.5 Å². The van der Waals surface area contributed by atoms with Crippen LogP contribution in [0.1, 0.15) is 32.1 Å². The second-order valence-electron chi connectivity index (χ2n) is 5.47. The summed E-state index contributed by atoms with van der Waals surface area (Å²) in [5.41, 5.74) is 0. The van der Waals surface area contributed by atoms with E-state index in [4.69, 9.17) is 5.11 Å². The third kappa shape index (κ3) is 3.93. The minimum atomic E-state index is -1.02. The number of carboxylic acids is 1. The van der Waals surface area contributed by atoms with E-state index >= 15 is 0 Å².